The van der Waals surface area contributed by atoms with Crippen LogP contribution in [0.4, 0.5) is 5.95 Å². The van der Waals surface area contributed by atoms with E-state index in [2.05, 4.69) is 29.2 Å². The zero-order chi connectivity index (χ0) is 11.1. The van der Waals surface area contributed by atoms with Crippen molar-refractivity contribution in [3.8, 4) is 0 Å². The molecule has 0 amide bonds. The Labute approximate surface area is 94.7 Å². The number of pyridine rings is 1. The highest BCUT2D eigenvalue weighted by molar-refractivity contribution is 5.46. The molecular weight excluding hydrogens is 200 g/mol. The van der Waals surface area contributed by atoms with E-state index < -0.39 is 0 Å². The van der Waals surface area contributed by atoms with Crippen LogP contribution < -0.4 is 5.32 Å². The lowest BCUT2D eigenvalue weighted by Crippen LogP contribution is -2.05. The third-order valence-electron chi connectivity index (χ3n) is 3.25. The molecule has 0 saturated heterocycles. The highest BCUT2D eigenvalue weighted by Gasteiger charge is 2.35. The van der Waals surface area contributed by atoms with Gasteiger partial charge in [0.15, 0.2) is 5.65 Å². The Kier molecular flexibility index (Phi) is 2.09. The van der Waals surface area contributed by atoms with Crippen LogP contribution in [0, 0.1) is 12.8 Å². The Morgan fingerprint density at radius 1 is 1.56 bits per heavy atom. The van der Waals surface area contributed by atoms with E-state index in [-0.39, 0.29) is 0 Å². The van der Waals surface area contributed by atoms with Crippen molar-refractivity contribution in [1.82, 2.24) is 14.6 Å². The summed E-state index contributed by atoms with van der Waals surface area (Å²) in [4.78, 5) is 4.46. The van der Waals surface area contributed by atoms with Crippen molar-refractivity contribution >= 4 is 11.6 Å². The van der Waals surface area contributed by atoms with Gasteiger partial charge in [0.2, 0.25) is 5.95 Å². The Morgan fingerprint density at radius 3 is 3.19 bits per heavy atom. The van der Waals surface area contributed by atoms with E-state index in [1.807, 2.05) is 22.8 Å². The molecule has 0 radical (unpaired) electrons. The first kappa shape index (κ1) is 9.63. The molecule has 4 heteroatoms. The van der Waals surface area contributed by atoms with Gasteiger partial charge in [-0.25, -0.2) is 4.52 Å². The third kappa shape index (κ3) is 1.64. The van der Waals surface area contributed by atoms with Crippen molar-refractivity contribution < 1.29 is 0 Å². The summed E-state index contributed by atoms with van der Waals surface area (Å²) in [5.74, 6) is 1.57. The SMILES string of the molecule is CCC1CC1Nc1nc2cc(C)ccn2n1. The minimum Gasteiger partial charge on any atom is -0.350 e. The standard InChI is InChI=1S/C12H16N4/c1-3-9-7-10(9)13-12-14-11-6-8(2)4-5-16(11)15-12/h4-6,9-10H,3,7H2,1-2H3,(H,13,15). The molecule has 0 aromatic carbocycles. The number of rotatable bonds is 3. The molecule has 2 heterocycles. The fourth-order valence-corrected chi connectivity index (χ4v) is 2.09. The maximum Gasteiger partial charge on any atom is 0.243 e. The van der Waals surface area contributed by atoms with E-state index in [1.54, 1.807) is 0 Å². The van der Waals surface area contributed by atoms with Crippen LogP contribution in [0.25, 0.3) is 5.65 Å². The Bertz CT molecular complexity index is 517. The summed E-state index contributed by atoms with van der Waals surface area (Å²) in [6.07, 6.45) is 4.45. The average molecular weight is 216 g/mol. The van der Waals surface area contributed by atoms with Crippen molar-refractivity contribution in [3.05, 3.63) is 23.9 Å². The van der Waals surface area contributed by atoms with Crippen molar-refractivity contribution in [1.29, 1.82) is 0 Å². The minimum absolute atomic E-state index is 0.587. The molecule has 1 fully saturated rings. The van der Waals surface area contributed by atoms with Crippen LogP contribution in [0.5, 0.6) is 0 Å². The number of aryl methyl sites for hydroxylation is 1. The zero-order valence-electron chi connectivity index (χ0n) is 9.64. The summed E-state index contributed by atoms with van der Waals surface area (Å²) in [5.41, 5.74) is 2.13. The Morgan fingerprint density at radius 2 is 2.44 bits per heavy atom. The molecule has 2 atom stereocenters. The monoisotopic (exact) mass is 216 g/mol. The smallest absolute Gasteiger partial charge is 0.243 e. The molecule has 1 saturated carbocycles. The first-order valence-corrected chi connectivity index (χ1v) is 5.86. The first-order chi connectivity index (χ1) is 7.76. The second-order valence-electron chi connectivity index (χ2n) is 4.60. The molecular formula is C12H16N4. The quantitative estimate of drug-likeness (QED) is 0.855. The van der Waals surface area contributed by atoms with Crippen LogP contribution in [0.1, 0.15) is 25.3 Å². The highest BCUT2D eigenvalue weighted by atomic mass is 15.4. The number of aromatic nitrogens is 3. The third-order valence-corrected chi connectivity index (χ3v) is 3.25. The van der Waals surface area contributed by atoms with Crippen molar-refractivity contribution in [2.75, 3.05) is 5.32 Å². The summed E-state index contributed by atoms with van der Waals surface area (Å²) < 4.78 is 1.82. The second-order valence-corrected chi connectivity index (χ2v) is 4.60. The fraction of sp³-hybridized carbons (Fsp3) is 0.500. The topological polar surface area (TPSA) is 42.2 Å². The zero-order valence-corrected chi connectivity index (χ0v) is 9.64. The van der Waals surface area contributed by atoms with Crippen LogP contribution in [-0.2, 0) is 0 Å². The lowest BCUT2D eigenvalue weighted by atomic mass is 10.3. The minimum atomic E-state index is 0.587. The molecule has 2 aromatic rings. The summed E-state index contributed by atoms with van der Waals surface area (Å²) in [6.45, 7) is 4.29. The van der Waals surface area contributed by atoms with Crippen molar-refractivity contribution in [3.63, 3.8) is 0 Å². The Hall–Kier alpha value is -1.58. The lowest BCUT2D eigenvalue weighted by Gasteiger charge is -1.97. The van der Waals surface area contributed by atoms with Gasteiger partial charge in [-0.1, -0.05) is 13.3 Å². The van der Waals surface area contributed by atoms with Gasteiger partial charge in [-0.15, -0.1) is 5.10 Å². The molecule has 1 N–H and O–H groups in total. The van der Waals surface area contributed by atoms with Crippen LogP contribution in [0.2, 0.25) is 0 Å². The fourth-order valence-electron chi connectivity index (χ4n) is 2.09. The predicted octanol–water partition coefficient (Wildman–Crippen LogP) is 2.25. The highest BCUT2D eigenvalue weighted by Crippen LogP contribution is 2.35. The van der Waals surface area contributed by atoms with Gasteiger partial charge in [-0.2, -0.15) is 4.98 Å². The lowest BCUT2D eigenvalue weighted by molar-refractivity contribution is 0.771. The van der Waals surface area contributed by atoms with Crippen molar-refractivity contribution in [2.45, 2.75) is 32.7 Å². The molecule has 4 nitrogen and oxygen atoms in total. The number of nitrogens with one attached hydrogen (secondary N) is 1. The van der Waals surface area contributed by atoms with E-state index in [0.717, 1.165) is 17.5 Å². The normalized spacial score (nSPS) is 23.6. The van der Waals surface area contributed by atoms with Crippen molar-refractivity contribution in [2.24, 2.45) is 5.92 Å². The molecule has 0 bridgehead atoms. The second kappa shape index (κ2) is 3.47. The van der Waals surface area contributed by atoms with E-state index in [9.17, 15) is 0 Å². The van der Waals surface area contributed by atoms with Crippen LogP contribution in [0.3, 0.4) is 0 Å². The molecule has 1 aliphatic rings. The molecule has 84 valence electrons. The predicted molar refractivity (Wildman–Crippen MR) is 63.5 cm³/mol. The molecule has 1 aliphatic carbocycles. The first-order valence-electron chi connectivity index (χ1n) is 5.86. The van der Waals surface area contributed by atoms with Gasteiger partial charge in [0.05, 0.1) is 0 Å². The summed E-state index contributed by atoms with van der Waals surface area (Å²) in [7, 11) is 0. The summed E-state index contributed by atoms with van der Waals surface area (Å²) in [5, 5.41) is 7.78. The molecule has 2 unspecified atom stereocenters. The number of hydrogen-bond acceptors (Lipinski definition) is 3. The van der Waals surface area contributed by atoms with Gasteiger partial charge in [0.1, 0.15) is 0 Å². The van der Waals surface area contributed by atoms with E-state index in [1.165, 1.54) is 18.4 Å². The van der Waals surface area contributed by atoms with E-state index in [4.69, 9.17) is 0 Å². The summed E-state index contributed by atoms with van der Waals surface area (Å²) in [6, 6.07) is 4.67. The maximum absolute atomic E-state index is 4.46. The van der Waals surface area contributed by atoms with Crippen LogP contribution >= 0.6 is 0 Å². The largest absolute Gasteiger partial charge is 0.350 e. The molecule has 3 rings (SSSR count). The van der Waals surface area contributed by atoms with Gasteiger partial charge in [-0.05, 0) is 37.0 Å². The van der Waals surface area contributed by atoms with Gasteiger partial charge in [0.25, 0.3) is 0 Å². The summed E-state index contributed by atoms with van der Waals surface area (Å²) >= 11 is 0. The van der Waals surface area contributed by atoms with E-state index in [0.29, 0.717) is 6.04 Å². The van der Waals surface area contributed by atoms with Gasteiger partial charge in [0, 0.05) is 12.2 Å². The number of nitrogens with zero attached hydrogens (tertiary/aromatic N) is 3. The number of hydrogen-bond donors (Lipinski definition) is 1. The van der Waals surface area contributed by atoms with Crippen LogP contribution in [-0.4, -0.2) is 20.6 Å². The number of fused-ring (bicyclic) bond motifs is 1. The molecule has 0 aliphatic heterocycles. The van der Waals surface area contributed by atoms with Crippen LogP contribution in [0.15, 0.2) is 18.3 Å². The van der Waals surface area contributed by atoms with Gasteiger partial charge < -0.3 is 5.32 Å². The van der Waals surface area contributed by atoms with Gasteiger partial charge >= 0.3 is 0 Å². The average Bonchev–Trinajstić information content (AvgIpc) is 2.88. The molecule has 0 spiro atoms. The maximum atomic E-state index is 4.46. The number of anilines is 1. The molecule has 16 heavy (non-hydrogen) atoms. The molecule has 2 aromatic heterocycles. The van der Waals surface area contributed by atoms with Gasteiger partial charge in [-0.3, -0.25) is 0 Å². The van der Waals surface area contributed by atoms with E-state index >= 15 is 0 Å². The Balaban J connectivity index is 1.83.